The van der Waals surface area contributed by atoms with Gasteiger partial charge in [-0.15, -0.1) is 22.7 Å². The summed E-state index contributed by atoms with van der Waals surface area (Å²) >= 11 is 3.02. The molecule has 0 saturated carbocycles. The number of nitrogens with one attached hydrogen (secondary N) is 2. The Morgan fingerprint density at radius 2 is 0.972 bits per heavy atom. The zero-order chi connectivity index (χ0) is 24.5. The van der Waals surface area contributed by atoms with Crippen LogP contribution in [0.5, 0.6) is 0 Å². The molecule has 8 heteroatoms. The molecule has 0 aliphatic rings. The Balaban J connectivity index is 1.11. The van der Waals surface area contributed by atoms with Crippen LogP contribution in [0, 0.1) is 0 Å². The summed E-state index contributed by atoms with van der Waals surface area (Å²) in [5.41, 5.74) is 9.97. The van der Waals surface area contributed by atoms with Crippen molar-refractivity contribution in [3.8, 4) is 11.1 Å². The molecule has 4 aromatic carbocycles. The molecule has 0 spiro atoms. The Kier molecular flexibility index (Phi) is 5.73. The lowest BCUT2D eigenvalue weighted by molar-refractivity contribution is 0.101. The van der Waals surface area contributed by atoms with Crippen LogP contribution in [0.15, 0.2) is 96.0 Å². The number of thiazole rings is 2. The Hall–Kier alpha value is -4.40. The van der Waals surface area contributed by atoms with Crippen LogP contribution in [0.4, 0.5) is 11.4 Å². The molecular weight excluding hydrogens is 488 g/mol. The number of hydrogen-bond acceptors (Lipinski definition) is 6. The van der Waals surface area contributed by atoms with Crippen molar-refractivity contribution in [1.82, 2.24) is 9.97 Å². The van der Waals surface area contributed by atoms with Crippen molar-refractivity contribution >= 4 is 66.3 Å². The van der Waals surface area contributed by atoms with E-state index in [-0.39, 0.29) is 11.8 Å². The van der Waals surface area contributed by atoms with Gasteiger partial charge in [-0.3, -0.25) is 9.59 Å². The molecule has 0 unspecified atom stereocenters. The van der Waals surface area contributed by atoms with Gasteiger partial charge in [0.05, 0.1) is 31.5 Å². The standard InChI is InChI=1S/C28H18N4O2S2/c33-27(19-5-11-23-25(13-19)35-15-29-23)31-21-7-1-17(2-8-21)18-3-9-22(10-4-18)32-28(34)20-6-12-24-26(14-20)36-16-30-24/h1-16H,(H,31,33)(H,32,34). The van der Waals surface area contributed by atoms with Gasteiger partial charge in [-0.25, -0.2) is 9.97 Å². The van der Waals surface area contributed by atoms with Crippen LogP contribution < -0.4 is 10.6 Å². The zero-order valence-corrected chi connectivity index (χ0v) is 20.4. The fraction of sp³-hybridized carbons (Fsp3) is 0. The Morgan fingerprint density at radius 1 is 0.556 bits per heavy atom. The van der Waals surface area contributed by atoms with Gasteiger partial charge in [0.15, 0.2) is 0 Å². The molecule has 2 aromatic heterocycles. The molecule has 6 aromatic rings. The quantitative estimate of drug-likeness (QED) is 0.262. The number of rotatable bonds is 5. The van der Waals surface area contributed by atoms with Gasteiger partial charge in [-0.1, -0.05) is 24.3 Å². The van der Waals surface area contributed by atoms with Crippen molar-refractivity contribution in [1.29, 1.82) is 0 Å². The average molecular weight is 507 g/mol. The molecule has 0 radical (unpaired) electrons. The largest absolute Gasteiger partial charge is 0.322 e. The number of hydrogen-bond donors (Lipinski definition) is 2. The van der Waals surface area contributed by atoms with Crippen molar-refractivity contribution in [3.63, 3.8) is 0 Å². The summed E-state index contributed by atoms with van der Waals surface area (Å²) in [6.45, 7) is 0. The van der Waals surface area contributed by atoms with Crippen LogP contribution in [0.1, 0.15) is 20.7 Å². The van der Waals surface area contributed by atoms with E-state index < -0.39 is 0 Å². The summed E-state index contributed by atoms with van der Waals surface area (Å²) in [7, 11) is 0. The maximum absolute atomic E-state index is 12.6. The van der Waals surface area contributed by atoms with Gasteiger partial charge in [0.2, 0.25) is 0 Å². The highest BCUT2D eigenvalue weighted by atomic mass is 32.1. The minimum Gasteiger partial charge on any atom is -0.322 e. The SMILES string of the molecule is O=C(Nc1ccc(-c2ccc(NC(=O)c3ccc4ncsc4c3)cc2)cc1)c1ccc2ncsc2c1. The van der Waals surface area contributed by atoms with Crippen LogP contribution in [0.25, 0.3) is 31.6 Å². The molecule has 0 bridgehead atoms. The Labute approximate surface area is 214 Å². The number of carbonyl (C=O) groups is 2. The number of benzene rings is 4. The van der Waals surface area contributed by atoms with Crippen LogP contribution in [0.3, 0.4) is 0 Å². The third-order valence-electron chi connectivity index (χ3n) is 5.81. The van der Waals surface area contributed by atoms with E-state index in [1.54, 1.807) is 23.2 Å². The molecule has 36 heavy (non-hydrogen) atoms. The van der Waals surface area contributed by atoms with Gasteiger partial charge in [-0.2, -0.15) is 0 Å². The lowest BCUT2D eigenvalue weighted by atomic mass is 10.0. The van der Waals surface area contributed by atoms with E-state index in [0.717, 1.165) is 42.9 Å². The summed E-state index contributed by atoms with van der Waals surface area (Å²) in [6.07, 6.45) is 0. The first-order chi connectivity index (χ1) is 17.6. The second-order valence-electron chi connectivity index (χ2n) is 8.13. The first kappa shape index (κ1) is 22.1. The fourth-order valence-corrected chi connectivity index (χ4v) is 5.32. The number of fused-ring (bicyclic) bond motifs is 2. The topological polar surface area (TPSA) is 84.0 Å². The van der Waals surface area contributed by atoms with E-state index in [4.69, 9.17) is 0 Å². The van der Waals surface area contributed by atoms with Crippen LogP contribution in [-0.2, 0) is 0 Å². The molecule has 2 N–H and O–H groups in total. The van der Waals surface area contributed by atoms with E-state index in [2.05, 4.69) is 20.6 Å². The van der Waals surface area contributed by atoms with Crippen molar-refractivity contribution in [3.05, 3.63) is 107 Å². The van der Waals surface area contributed by atoms with Crippen molar-refractivity contribution in [2.24, 2.45) is 0 Å². The van der Waals surface area contributed by atoms with E-state index >= 15 is 0 Å². The van der Waals surface area contributed by atoms with Crippen LogP contribution in [0.2, 0.25) is 0 Å². The van der Waals surface area contributed by atoms with E-state index in [9.17, 15) is 9.59 Å². The molecule has 0 fully saturated rings. The highest BCUT2D eigenvalue weighted by molar-refractivity contribution is 7.17. The molecule has 6 rings (SSSR count). The third-order valence-corrected chi connectivity index (χ3v) is 7.39. The first-order valence-electron chi connectivity index (χ1n) is 11.1. The van der Waals surface area contributed by atoms with E-state index in [1.807, 2.05) is 72.8 Å². The van der Waals surface area contributed by atoms with Gasteiger partial charge in [0, 0.05) is 22.5 Å². The monoisotopic (exact) mass is 506 g/mol. The first-order valence-corrected chi connectivity index (χ1v) is 12.9. The van der Waals surface area contributed by atoms with E-state index in [0.29, 0.717) is 11.1 Å². The second-order valence-corrected chi connectivity index (χ2v) is 9.91. The van der Waals surface area contributed by atoms with Crippen molar-refractivity contribution < 1.29 is 9.59 Å². The summed E-state index contributed by atoms with van der Waals surface area (Å²) in [5, 5.41) is 5.89. The lowest BCUT2D eigenvalue weighted by Gasteiger charge is -2.09. The molecule has 2 heterocycles. The van der Waals surface area contributed by atoms with E-state index in [1.165, 1.54) is 22.7 Å². The fourth-order valence-electron chi connectivity index (χ4n) is 3.89. The molecule has 6 nitrogen and oxygen atoms in total. The molecule has 0 aliphatic heterocycles. The maximum Gasteiger partial charge on any atom is 0.255 e. The molecule has 0 saturated heterocycles. The minimum atomic E-state index is -0.160. The van der Waals surface area contributed by atoms with Gasteiger partial charge < -0.3 is 10.6 Å². The van der Waals surface area contributed by atoms with Gasteiger partial charge >= 0.3 is 0 Å². The number of aromatic nitrogens is 2. The molecule has 174 valence electrons. The smallest absolute Gasteiger partial charge is 0.255 e. The predicted octanol–water partition coefficient (Wildman–Crippen LogP) is 7.08. The minimum absolute atomic E-state index is 0.160. The highest BCUT2D eigenvalue weighted by Crippen LogP contribution is 2.25. The molecule has 0 atom stereocenters. The lowest BCUT2D eigenvalue weighted by Crippen LogP contribution is -2.11. The van der Waals surface area contributed by atoms with Crippen molar-refractivity contribution in [2.75, 3.05) is 10.6 Å². The number of amides is 2. The molecule has 0 aliphatic carbocycles. The number of anilines is 2. The van der Waals surface area contributed by atoms with Crippen LogP contribution in [-0.4, -0.2) is 21.8 Å². The average Bonchev–Trinajstić information content (AvgIpc) is 3.58. The Bertz CT molecular complexity index is 1590. The van der Waals surface area contributed by atoms with Gasteiger partial charge in [0.1, 0.15) is 0 Å². The Morgan fingerprint density at radius 3 is 1.39 bits per heavy atom. The zero-order valence-electron chi connectivity index (χ0n) is 18.8. The number of nitrogens with zero attached hydrogens (tertiary/aromatic N) is 2. The molecular formula is C28H18N4O2S2. The normalized spacial score (nSPS) is 11.0. The summed E-state index contributed by atoms with van der Waals surface area (Å²) in [6, 6.07) is 26.3. The van der Waals surface area contributed by atoms with Gasteiger partial charge in [-0.05, 0) is 71.8 Å². The van der Waals surface area contributed by atoms with Gasteiger partial charge in [0.25, 0.3) is 11.8 Å². The second kappa shape index (κ2) is 9.33. The maximum atomic E-state index is 12.6. The number of carbonyl (C=O) groups excluding carboxylic acids is 2. The highest BCUT2D eigenvalue weighted by Gasteiger charge is 2.10. The van der Waals surface area contributed by atoms with Crippen LogP contribution >= 0.6 is 22.7 Å². The van der Waals surface area contributed by atoms with Crippen molar-refractivity contribution in [2.45, 2.75) is 0 Å². The summed E-state index contributed by atoms with van der Waals surface area (Å²) < 4.78 is 1.97. The molecule has 2 amide bonds. The summed E-state index contributed by atoms with van der Waals surface area (Å²) in [5.74, 6) is -0.319. The summed E-state index contributed by atoms with van der Waals surface area (Å²) in [4.78, 5) is 33.8. The third kappa shape index (κ3) is 4.47. The predicted molar refractivity (Wildman–Crippen MR) is 147 cm³/mol.